The molecule has 4 rings (SSSR count). The minimum absolute atomic E-state index is 0.0519. The number of benzene rings is 1. The van der Waals surface area contributed by atoms with Crippen LogP contribution in [0, 0.1) is 5.21 Å². The average Bonchev–Trinajstić information content (AvgIpc) is 3.26. The number of nitrogens with zero attached hydrogens (tertiary/aromatic N) is 5. The van der Waals surface area contributed by atoms with E-state index >= 15 is 0 Å². The molecular formula is C17H18BrN8O7-. The first-order chi connectivity index (χ1) is 15.7. The third kappa shape index (κ3) is 4.27. The minimum atomic E-state index is -1.49. The molecule has 1 aliphatic heterocycles. The number of fused-ring (bicyclic) bond motifs is 1. The Bertz CT molecular complexity index is 1260. The molecule has 8 N–H and O–H groups in total. The second kappa shape index (κ2) is 9.02. The van der Waals surface area contributed by atoms with Crippen LogP contribution in [-0.4, -0.2) is 71.2 Å². The Kier molecular flexibility index (Phi) is 6.30. The molecular weight excluding hydrogens is 508 g/mol. The Morgan fingerprint density at radius 2 is 2.15 bits per heavy atom. The highest BCUT2D eigenvalue weighted by Gasteiger charge is 2.45. The standard InChI is InChI=1S/C17H18BrN8O7/c18-7-2-1-6(3-8(7)26(31)32)4-20-24-17-21-10-13(22-16(19)23-14(10)30)25(17)15-12(29)11(28)9(5-27)33-15/h1-4,9,11-12,15,27-29,31H,5H2,(H,21,24)(H3,19,22,23,30)/q-1/b20-4-/t9-,11+,12-,15-/m1/s1. The largest absolute Gasteiger partial charge is 0.733 e. The van der Waals surface area contributed by atoms with Gasteiger partial charge in [-0.1, -0.05) is 6.07 Å². The fourth-order valence-electron chi connectivity index (χ4n) is 3.34. The second-order valence-corrected chi connectivity index (χ2v) is 7.87. The summed E-state index contributed by atoms with van der Waals surface area (Å²) in [5.74, 6) is -0.311. The van der Waals surface area contributed by atoms with E-state index in [2.05, 4.69) is 41.4 Å². The molecule has 3 aromatic rings. The van der Waals surface area contributed by atoms with Gasteiger partial charge in [-0.25, -0.2) is 10.4 Å². The first kappa shape index (κ1) is 23.1. The van der Waals surface area contributed by atoms with Crippen molar-refractivity contribution in [1.29, 1.82) is 0 Å². The predicted octanol–water partition coefficient (Wildman–Crippen LogP) is -0.785. The topological polar surface area (TPSA) is 230 Å². The van der Waals surface area contributed by atoms with E-state index in [4.69, 9.17) is 15.7 Å². The number of H-pyrrole nitrogens is 1. The van der Waals surface area contributed by atoms with Gasteiger partial charge >= 0.3 is 0 Å². The summed E-state index contributed by atoms with van der Waals surface area (Å²) in [6.45, 7) is -0.564. The fraction of sp³-hybridized carbons (Fsp3) is 0.294. The molecule has 16 heteroatoms. The lowest BCUT2D eigenvalue weighted by atomic mass is 10.1. The van der Waals surface area contributed by atoms with Crippen LogP contribution in [0.4, 0.5) is 17.6 Å². The van der Waals surface area contributed by atoms with E-state index in [9.17, 15) is 25.3 Å². The van der Waals surface area contributed by atoms with Crippen molar-refractivity contribution in [2.24, 2.45) is 5.10 Å². The lowest BCUT2D eigenvalue weighted by Gasteiger charge is -2.23. The van der Waals surface area contributed by atoms with Crippen molar-refractivity contribution in [1.82, 2.24) is 19.5 Å². The highest BCUT2D eigenvalue weighted by molar-refractivity contribution is 9.10. The summed E-state index contributed by atoms with van der Waals surface area (Å²) >= 11 is 3.14. The maximum absolute atomic E-state index is 12.3. The number of nitrogen functional groups attached to an aromatic ring is 1. The number of aliphatic hydroxyl groups is 3. The van der Waals surface area contributed by atoms with E-state index in [1.807, 2.05) is 0 Å². The van der Waals surface area contributed by atoms with Crippen molar-refractivity contribution in [3.05, 3.63) is 43.8 Å². The van der Waals surface area contributed by atoms with Crippen LogP contribution in [-0.2, 0) is 4.74 Å². The van der Waals surface area contributed by atoms with Crippen molar-refractivity contribution in [3.63, 3.8) is 0 Å². The van der Waals surface area contributed by atoms with Crippen LogP contribution in [0.25, 0.3) is 11.2 Å². The lowest BCUT2D eigenvalue weighted by Crippen LogP contribution is -2.33. The molecule has 2 aromatic heterocycles. The Hall–Kier alpha value is -3.12. The van der Waals surface area contributed by atoms with Crippen LogP contribution in [0.5, 0.6) is 0 Å². The zero-order valence-corrected chi connectivity index (χ0v) is 18.1. The number of nitrogens with two attached hydrogens (primary N) is 1. The molecule has 0 aliphatic carbocycles. The molecule has 0 saturated carbocycles. The van der Waals surface area contributed by atoms with E-state index in [0.717, 1.165) is 0 Å². The molecule has 1 aromatic carbocycles. The summed E-state index contributed by atoms with van der Waals surface area (Å²) in [7, 11) is 0. The molecule has 4 atom stereocenters. The Morgan fingerprint density at radius 1 is 1.39 bits per heavy atom. The molecule has 1 aliphatic rings. The highest BCUT2D eigenvalue weighted by Crippen LogP contribution is 2.34. The number of hydrogen-bond acceptors (Lipinski definition) is 13. The van der Waals surface area contributed by atoms with Gasteiger partial charge in [0.25, 0.3) is 5.56 Å². The molecule has 3 heterocycles. The van der Waals surface area contributed by atoms with Crippen LogP contribution < -0.4 is 21.9 Å². The normalized spacial score (nSPS) is 23.0. The van der Waals surface area contributed by atoms with Crippen molar-refractivity contribution in [3.8, 4) is 0 Å². The lowest BCUT2D eigenvalue weighted by molar-refractivity contribution is -0.0501. The van der Waals surface area contributed by atoms with Gasteiger partial charge in [0.15, 0.2) is 17.4 Å². The Balaban J connectivity index is 1.73. The van der Waals surface area contributed by atoms with Gasteiger partial charge < -0.3 is 36.2 Å². The van der Waals surface area contributed by atoms with Gasteiger partial charge in [-0.15, -0.1) is 0 Å². The molecule has 0 spiro atoms. The summed E-state index contributed by atoms with van der Waals surface area (Å²) in [5.41, 5.74) is 7.74. The Labute approximate surface area is 192 Å². The second-order valence-electron chi connectivity index (χ2n) is 7.01. The number of aromatic nitrogens is 4. The van der Waals surface area contributed by atoms with E-state index in [1.165, 1.54) is 22.9 Å². The highest BCUT2D eigenvalue weighted by atomic mass is 79.9. The minimum Gasteiger partial charge on any atom is -0.733 e. The molecule has 1 fully saturated rings. The zero-order chi connectivity index (χ0) is 23.9. The van der Waals surface area contributed by atoms with E-state index in [0.29, 0.717) is 10.0 Å². The van der Waals surface area contributed by atoms with Gasteiger partial charge in [0, 0.05) is 4.47 Å². The number of hydrazone groups is 1. The Morgan fingerprint density at radius 3 is 2.82 bits per heavy atom. The smallest absolute Gasteiger partial charge is 0.280 e. The van der Waals surface area contributed by atoms with Crippen LogP contribution in [0.15, 0.2) is 32.6 Å². The number of rotatable bonds is 6. The summed E-state index contributed by atoms with van der Waals surface area (Å²) in [4.78, 5) is 22.8. The van der Waals surface area contributed by atoms with E-state index < -0.39 is 36.7 Å². The van der Waals surface area contributed by atoms with E-state index in [1.54, 1.807) is 6.07 Å². The van der Waals surface area contributed by atoms with Gasteiger partial charge in [-0.3, -0.25) is 19.6 Å². The van der Waals surface area contributed by atoms with Crippen LogP contribution in [0.3, 0.4) is 0 Å². The first-order valence-corrected chi connectivity index (χ1v) is 10.2. The number of aromatic amines is 1. The first-order valence-electron chi connectivity index (χ1n) is 9.36. The van der Waals surface area contributed by atoms with Gasteiger partial charge in [0.1, 0.15) is 18.3 Å². The number of nitrogens with one attached hydrogen (secondary N) is 2. The molecule has 15 nitrogen and oxygen atoms in total. The van der Waals surface area contributed by atoms with Gasteiger partial charge in [0.05, 0.1) is 18.5 Å². The van der Waals surface area contributed by atoms with Crippen molar-refractivity contribution in [2.45, 2.75) is 24.5 Å². The molecule has 0 radical (unpaired) electrons. The summed E-state index contributed by atoms with van der Waals surface area (Å²) in [5, 5.41) is 54.1. The van der Waals surface area contributed by atoms with Gasteiger partial charge in [-0.2, -0.15) is 10.1 Å². The number of anilines is 3. The SMILES string of the molecule is Nc1nc2c(nc(N/N=C\c3ccc(Br)c(N([O-])O)c3)n2[C@@H]2O[C@H](CO)[C@H](O)[C@H]2O)c(=O)[nH]1. The third-order valence-corrected chi connectivity index (χ3v) is 5.57. The molecule has 0 bridgehead atoms. The van der Waals surface area contributed by atoms with Crippen LogP contribution >= 0.6 is 15.9 Å². The predicted molar refractivity (Wildman–Crippen MR) is 119 cm³/mol. The van der Waals surface area contributed by atoms with Crippen LogP contribution in [0.1, 0.15) is 11.8 Å². The summed E-state index contributed by atoms with van der Waals surface area (Å²) in [6, 6.07) is 4.48. The summed E-state index contributed by atoms with van der Waals surface area (Å²) < 4.78 is 7.09. The number of imidazole rings is 1. The van der Waals surface area contributed by atoms with E-state index in [-0.39, 0.29) is 34.0 Å². The average molecular weight is 526 g/mol. The molecule has 33 heavy (non-hydrogen) atoms. The molecule has 1 saturated heterocycles. The fourth-order valence-corrected chi connectivity index (χ4v) is 3.73. The number of ether oxygens (including phenoxy) is 1. The van der Waals surface area contributed by atoms with Crippen molar-refractivity contribution >= 4 is 50.9 Å². The van der Waals surface area contributed by atoms with Gasteiger partial charge in [0.2, 0.25) is 11.9 Å². The third-order valence-electron chi connectivity index (χ3n) is 4.89. The van der Waals surface area contributed by atoms with Crippen LogP contribution in [0.2, 0.25) is 0 Å². The monoisotopic (exact) mass is 525 g/mol. The van der Waals surface area contributed by atoms with Crippen molar-refractivity contribution in [2.75, 3.05) is 23.0 Å². The van der Waals surface area contributed by atoms with Gasteiger partial charge in [-0.05, 0) is 33.6 Å². The summed E-state index contributed by atoms with van der Waals surface area (Å²) in [6.07, 6.45) is -3.98. The number of halogens is 1. The number of aliphatic hydroxyl groups excluding tert-OH is 3. The maximum Gasteiger partial charge on any atom is 0.280 e. The quantitative estimate of drug-likeness (QED) is 0.155. The molecule has 0 amide bonds. The van der Waals surface area contributed by atoms with Crippen molar-refractivity contribution < 1.29 is 25.3 Å². The molecule has 176 valence electrons. The number of hydrogen-bond donors (Lipinski definition) is 7. The zero-order valence-electron chi connectivity index (χ0n) is 16.5. The maximum atomic E-state index is 12.3. The molecule has 0 unspecified atom stereocenters.